The summed E-state index contributed by atoms with van der Waals surface area (Å²) in [6, 6.07) is 43.5. The van der Waals surface area contributed by atoms with Crippen LogP contribution in [-0.4, -0.2) is 59.7 Å². The lowest BCUT2D eigenvalue weighted by atomic mass is 10.00. The Balaban J connectivity index is 1.19. The minimum atomic E-state index is -3.66. The van der Waals surface area contributed by atoms with E-state index in [1.165, 1.54) is 128 Å². The van der Waals surface area contributed by atoms with Crippen molar-refractivity contribution in [3.05, 3.63) is 201 Å². The van der Waals surface area contributed by atoms with Gasteiger partial charge in [0, 0.05) is 22.3 Å². The first-order valence-corrected chi connectivity index (χ1v) is 36.8. The molecule has 2 aromatic heterocycles. The van der Waals surface area contributed by atoms with Crippen molar-refractivity contribution in [3.63, 3.8) is 0 Å². The first kappa shape index (κ1) is 66.9. The molecule has 0 amide bonds. The van der Waals surface area contributed by atoms with Crippen LogP contribution in [0.25, 0.3) is 22.3 Å². The molecule has 11 heteroatoms. The van der Waals surface area contributed by atoms with Crippen LogP contribution in [0.15, 0.2) is 167 Å². The molecule has 0 saturated carbocycles. The minimum absolute atomic E-state index is 0.354. The highest BCUT2D eigenvalue weighted by atomic mass is 31.2. The number of aliphatic imine (C=N–C) groups is 2. The fourth-order valence-electron chi connectivity index (χ4n) is 13.0. The highest BCUT2D eigenvalue weighted by Crippen LogP contribution is 2.65. The molecule has 6 bridgehead atoms. The maximum atomic E-state index is 7.75. The monoisotopic (exact) mass is 1250 g/mol. The molecule has 0 unspecified atom stereocenters. The van der Waals surface area contributed by atoms with Gasteiger partial charge in [0.15, 0.2) is 0 Å². The molecule has 0 atom stereocenters. The van der Waals surface area contributed by atoms with Crippen molar-refractivity contribution in [2.45, 2.75) is 196 Å². The Morgan fingerprint density at radius 1 is 0.297 bits per heavy atom. The topological polar surface area (TPSA) is 90.0 Å². The number of hydrogen-bond acceptors (Lipinski definition) is 8. The number of ether oxygens (including phenoxy) is 4. The first-order chi connectivity index (χ1) is 44.9. The van der Waals surface area contributed by atoms with Gasteiger partial charge >= 0.3 is 8.02 Å². The maximum absolute atomic E-state index is 7.75. The summed E-state index contributed by atoms with van der Waals surface area (Å²) in [7, 11) is -3.66. The van der Waals surface area contributed by atoms with Crippen LogP contribution in [0.2, 0.25) is 0 Å². The molecular formula is C80H102N4O6P+. The van der Waals surface area contributed by atoms with Gasteiger partial charge in [-0.1, -0.05) is 205 Å². The molecule has 0 radical (unpaired) electrons. The van der Waals surface area contributed by atoms with E-state index in [1.807, 2.05) is 0 Å². The summed E-state index contributed by atoms with van der Waals surface area (Å²) in [5.41, 5.74) is 13.0. The third-order valence-electron chi connectivity index (χ3n) is 17.8. The Bertz CT molecular complexity index is 3390. The average Bonchev–Trinajstić information content (AvgIpc) is 1.61. The van der Waals surface area contributed by atoms with Gasteiger partial charge in [-0.15, -0.1) is 8.68 Å². The van der Waals surface area contributed by atoms with Gasteiger partial charge < -0.3 is 18.9 Å². The van der Waals surface area contributed by atoms with Crippen molar-refractivity contribution in [3.8, 4) is 23.0 Å². The van der Waals surface area contributed by atoms with E-state index in [4.69, 9.17) is 38.0 Å². The van der Waals surface area contributed by atoms with E-state index in [0.29, 0.717) is 39.6 Å². The van der Waals surface area contributed by atoms with Crippen LogP contribution >= 0.6 is 8.02 Å². The van der Waals surface area contributed by atoms with Gasteiger partial charge in [-0.25, -0.2) is 9.98 Å². The molecule has 10 nitrogen and oxygen atoms in total. The second-order valence-corrected chi connectivity index (χ2v) is 26.9. The Morgan fingerprint density at radius 3 is 0.879 bits per heavy atom. The maximum Gasteiger partial charge on any atom is 0.497 e. The van der Waals surface area contributed by atoms with Gasteiger partial charge in [-0.05, 0) is 159 Å². The average molecular weight is 1250 g/mol. The number of benzene rings is 4. The Hall–Kier alpha value is -6.97. The fraction of sp³-hybridized carbons (Fsp3) is 0.450. The van der Waals surface area contributed by atoms with Gasteiger partial charge in [0.2, 0.25) is 0 Å². The SMILES string of the molecule is CCCCCCCCOc1ccc(C2=C3C=CC(=N3)C(c3ccc(OCCCCCCCC)cc3)=c3ccc4n3[P+](OCC)(OCC)n3c2ccc3C(c2ccc(OCCCCCCCC)cc2)=C2C=CC(=N2)C=4c2ccc(OCCCCCCCC)cc2)cc1. The van der Waals surface area contributed by atoms with Gasteiger partial charge in [0.05, 0.1) is 84.5 Å². The second-order valence-electron chi connectivity index (χ2n) is 24.7. The van der Waals surface area contributed by atoms with Crippen LogP contribution in [0.3, 0.4) is 0 Å². The molecule has 0 fully saturated rings. The van der Waals surface area contributed by atoms with Crippen molar-refractivity contribution in [1.82, 2.24) is 8.68 Å². The molecule has 6 heterocycles. The Kier molecular flexibility index (Phi) is 25.5. The van der Waals surface area contributed by atoms with Crippen LogP contribution < -0.4 is 29.6 Å². The molecule has 482 valence electrons. The first-order valence-electron chi connectivity index (χ1n) is 35.3. The third-order valence-corrected chi connectivity index (χ3v) is 20.8. The van der Waals surface area contributed by atoms with E-state index in [2.05, 4.69) is 196 Å². The molecule has 0 N–H and O–H groups in total. The lowest BCUT2D eigenvalue weighted by molar-refractivity contribution is 0.231. The quantitative estimate of drug-likeness (QED) is 0.0281. The zero-order valence-corrected chi connectivity index (χ0v) is 56.6. The van der Waals surface area contributed by atoms with Gasteiger partial charge in [0.1, 0.15) is 23.0 Å². The molecule has 10 rings (SSSR count). The molecule has 6 aromatic rings. The van der Waals surface area contributed by atoms with E-state index >= 15 is 0 Å². The van der Waals surface area contributed by atoms with Crippen molar-refractivity contribution in [2.24, 2.45) is 9.98 Å². The molecule has 4 aliphatic heterocycles. The van der Waals surface area contributed by atoms with Crippen LogP contribution in [-0.2, 0) is 9.05 Å². The van der Waals surface area contributed by atoms with Gasteiger partial charge in [0.25, 0.3) is 0 Å². The van der Waals surface area contributed by atoms with Crippen LogP contribution in [0, 0.1) is 0 Å². The number of aromatic nitrogens is 2. The number of allylic oxidation sites excluding steroid dienone is 4. The third kappa shape index (κ3) is 16.6. The molecule has 0 spiro atoms. The lowest BCUT2D eigenvalue weighted by Gasteiger charge is -2.30. The smallest absolute Gasteiger partial charge is 0.494 e. The van der Waals surface area contributed by atoms with Gasteiger partial charge in [-0.2, -0.15) is 9.05 Å². The van der Waals surface area contributed by atoms with Crippen LogP contribution in [0.4, 0.5) is 0 Å². The summed E-state index contributed by atoms with van der Waals surface area (Å²) in [6.07, 6.45) is 37.7. The summed E-state index contributed by atoms with van der Waals surface area (Å²) >= 11 is 0. The van der Waals surface area contributed by atoms with Gasteiger partial charge in [-0.3, -0.25) is 0 Å². The second kappa shape index (κ2) is 34.6. The van der Waals surface area contributed by atoms with Crippen molar-refractivity contribution in [1.29, 1.82) is 0 Å². The minimum Gasteiger partial charge on any atom is -0.494 e. The van der Waals surface area contributed by atoms with E-state index in [1.54, 1.807) is 0 Å². The van der Waals surface area contributed by atoms with Crippen LogP contribution in [0.1, 0.15) is 229 Å². The summed E-state index contributed by atoms with van der Waals surface area (Å²) < 4.78 is 46.1. The number of hydrogen-bond donors (Lipinski definition) is 0. The summed E-state index contributed by atoms with van der Waals surface area (Å²) in [4.78, 5) is 11.5. The summed E-state index contributed by atoms with van der Waals surface area (Å²) in [5, 5.41) is 1.82. The van der Waals surface area contributed by atoms with Crippen LogP contribution in [0.5, 0.6) is 23.0 Å². The highest BCUT2D eigenvalue weighted by Gasteiger charge is 2.54. The Labute approximate surface area is 545 Å². The molecule has 0 aliphatic carbocycles. The van der Waals surface area contributed by atoms with Crippen molar-refractivity contribution < 1.29 is 28.0 Å². The molecule has 4 aromatic carbocycles. The zero-order valence-electron chi connectivity index (χ0n) is 55.8. The predicted octanol–water partition coefficient (Wildman–Crippen LogP) is 20.4. The van der Waals surface area contributed by atoms with E-state index in [0.717, 1.165) is 138 Å². The van der Waals surface area contributed by atoms with E-state index in [-0.39, 0.29) is 0 Å². The summed E-state index contributed by atoms with van der Waals surface area (Å²) in [6.45, 7) is 16.7. The molecule has 0 saturated heterocycles. The number of fused-ring (bicyclic) bond motifs is 2. The number of nitrogens with zero attached hydrogens (tertiary/aromatic N) is 4. The van der Waals surface area contributed by atoms with E-state index in [9.17, 15) is 0 Å². The highest BCUT2D eigenvalue weighted by molar-refractivity contribution is 7.63. The molecule has 4 aliphatic rings. The molecular weight excluding hydrogens is 1140 g/mol. The normalized spacial score (nSPS) is 14.6. The molecule has 91 heavy (non-hydrogen) atoms. The predicted molar refractivity (Wildman–Crippen MR) is 381 cm³/mol. The van der Waals surface area contributed by atoms with Crippen molar-refractivity contribution in [2.75, 3.05) is 39.6 Å². The number of rotatable bonds is 40. The fourth-order valence-corrected chi connectivity index (χ4v) is 16.1. The van der Waals surface area contributed by atoms with Crippen molar-refractivity contribution >= 4 is 41.7 Å². The largest absolute Gasteiger partial charge is 0.497 e. The lowest BCUT2D eigenvalue weighted by Crippen LogP contribution is -2.38. The standard InChI is InChI=1S/C80H102N4O6P/c1-7-13-17-21-25-29-57-85-65-41-33-61(34-42-65)77-69-49-50-70(81-69)78(62-35-43-66(44-36-62)86-58-30-26-22-18-14-8-2)75-55-56-76-80(64-39-47-68(48-40-64)88-60-32-28-24-20-16-10-4)72-52-51-71(82-72)79(63-37-45-67(46-38-63)87-59-31-27-23-19-15-9-3)74-54-53-73(77)83(74)91(84(75)76,89-11-5)90-12-6/h33-56H,7-32,57-60H2,1-6H3/q+1. The summed E-state index contributed by atoms with van der Waals surface area (Å²) in [5.74, 6) is 3.40. The number of unbranched alkanes of at least 4 members (excludes halogenated alkanes) is 20. The van der Waals surface area contributed by atoms with E-state index < -0.39 is 8.02 Å². The zero-order chi connectivity index (χ0) is 63.0. The Morgan fingerprint density at radius 2 is 0.582 bits per heavy atom.